The summed E-state index contributed by atoms with van der Waals surface area (Å²) in [6.07, 6.45) is 3.50. The molecule has 5 heteroatoms. The second-order valence-corrected chi connectivity index (χ2v) is 13.3. The van der Waals surface area contributed by atoms with Crippen molar-refractivity contribution in [2.75, 3.05) is 0 Å². The molecular formula is C35H47CoN2O2-. The Kier molecular flexibility index (Phi) is 11.6. The summed E-state index contributed by atoms with van der Waals surface area (Å²) < 4.78 is 0. The fraction of sp³-hybridized carbons (Fsp3) is 0.400. The zero-order valence-electron chi connectivity index (χ0n) is 26.1. The van der Waals surface area contributed by atoms with Gasteiger partial charge >= 0.3 is 0 Å². The molecule has 3 rings (SSSR count). The summed E-state index contributed by atoms with van der Waals surface area (Å²) in [6, 6.07) is 16.0. The summed E-state index contributed by atoms with van der Waals surface area (Å²) in [7, 11) is 0. The molecule has 0 saturated heterocycles. The second kappa shape index (κ2) is 13.2. The van der Waals surface area contributed by atoms with Crippen molar-refractivity contribution in [2.45, 2.75) is 92.0 Å². The van der Waals surface area contributed by atoms with Crippen molar-refractivity contribution in [3.63, 3.8) is 0 Å². The first-order valence-corrected chi connectivity index (χ1v) is 13.3. The van der Waals surface area contributed by atoms with Gasteiger partial charge in [-0.2, -0.15) is 0 Å². The van der Waals surface area contributed by atoms with Crippen LogP contribution in [-0.4, -0.2) is 22.6 Å². The number of para-hydroxylation sites is 1. The molecule has 219 valence electrons. The zero-order valence-corrected chi connectivity index (χ0v) is 27.1. The summed E-state index contributed by atoms with van der Waals surface area (Å²) in [5, 5.41) is 22.0. The summed E-state index contributed by atoms with van der Waals surface area (Å²) in [6.45, 7) is 21.6. The van der Waals surface area contributed by atoms with Crippen LogP contribution in [0, 0.1) is 14.4 Å². The normalized spacial score (nSPS) is 12.4. The molecule has 2 N–H and O–H groups in total. The van der Waals surface area contributed by atoms with Crippen molar-refractivity contribution >= 4 is 18.1 Å². The minimum absolute atomic E-state index is 0. The van der Waals surface area contributed by atoms with Crippen molar-refractivity contribution in [1.82, 2.24) is 0 Å². The average Bonchev–Trinajstić information content (AvgIpc) is 2.78. The van der Waals surface area contributed by atoms with Crippen molar-refractivity contribution in [2.24, 2.45) is 9.98 Å². The monoisotopic (exact) mass is 586 g/mol. The van der Waals surface area contributed by atoms with Crippen LogP contribution in [0.2, 0.25) is 0 Å². The van der Waals surface area contributed by atoms with Gasteiger partial charge < -0.3 is 17.6 Å². The zero-order chi connectivity index (χ0) is 28.5. The van der Waals surface area contributed by atoms with E-state index in [0.717, 1.165) is 39.1 Å². The molecule has 0 amide bonds. The van der Waals surface area contributed by atoms with Crippen LogP contribution >= 0.6 is 0 Å². The minimum Gasteiger partial charge on any atom is -0.507 e. The minimum atomic E-state index is -0.200. The fourth-order valence-corrected chi connectivity index (χ4v) is 4.39. The van der Waals surface area contributed by atoms with E-state index in [9.17, 15) is 10.2 Å². The summed E-state index contributed by atoms with van der Waals surface area (Å²) in [5.41, 5.74) is 6.84. The van der Waals surface area contributed by atoms with E-state index in [0.29, 0.717) is 12.1 Å². The van der Waals surface area contributed by atoms with Gasteiger partial charge in [-0.15, -0.1) is 0 Å². The standard InChI is InChI=1S/C34H44N2O2.CH3.Co/c1-22-15-24(30(37)27(16-22)33(5,6)7)20-35-19-23-13-11-12-14-29(23)36-21-25-17-26(32(2,3)4)18-28(31(25)38)34(8,9)10;;/h11-18,20-21,37-38H,19H2,1-10H3;1H3;/q;-1;. The van der Waals surface area contributed by atoms with E-state index in [2.05, 4.69) is 73.4 Å². The number of benzene rings is 3. The van der Waals surface area contributed by atoms with E-state index in [1.807, 2.05) is 49.4 Å². The summed E-state index contributed by atoms with van der Waals surface area (Å²) in [4.78, 5) is 9.43. The first kappa shape index (κ1) is 35.1. The number of hydrogen-bond acceptors (Lipinski definition) is 4. The molecular weight excluding hydrogens is 539 g/mol. The summed E-state index contributed by atoms with van der Waals surface area (Å²) >= 11 is 0. The van der Waals surface area contributed by atoms with E-state index < -0.39 is 0 Å². The van der Waals surface area contributed by atoms with Gasteiger partial charge in [-0.1, -0.05) is 92.6 Å². The van der Waals surface area contributed by atoms with Crippen molar-refractivity contribution < 1.29 is 27.0 Å². The Labute approximate surface area is 252 Å². The van der Waals surface area contributed by atoms with Gasteiger partial charge in [0.2, 0.25) is 0 Å². The molecule has 3 aromatic carbocycles. The molecule has 4 nitrogen and oxygen atoms in total. The van der Waals surface area contributed by atoms with Gasteiger partial charge in [0.15, 0.2) is 0 Å². The topological polar surface area (TPSA) is 65.2 Å². The van der Waals surface area contributed by atoms with Crippen LogP contribution in [0.15, 0.2) is 58.5 Å². The predicted molar refractivity (Wildman–Crippen MR) is 168 cm³/mol. The average molecular weight is 587 g/mol. The predicted octanol–water partition coefficient (Wildman–Crippen LogP) is 9.12. The largest absolute Gasteiger partial charge is 0.507 e. The van der Waals surface area contributed by atoms with Gasteiger partial charge in [-0.3, -0.25) is 9.98 Å². The van der Waals surface area contributed by atoms with Crippen molar-refractivity contribution in [3.05, 3.63) is 94.9 Å². The van der Waals surface area contributed by atoms with Crippen LogP contribution in [0.3, 0.4) is 0 Å². The van der Waals surface area contributed by atoms with Crippen LogP contribution in [0.1, 0.15) is 101 Å². The number of aryl methyl sites for hydroxylation is 1. The molecule has 0 heterocycles. The van der Waals surface area contributed by atoms with E-state index in [-0.39, 0.29) is 51.9 Å². The van der Waals surface area contributed by atoms with Crippen molar-refractivity contribution in [1.29, 1.82) is 0 Å². The van der Waals surface area contributed by atoms with Gasteiger partial charge in [0.25, 0.3) is 0 Å². The smallest absolute Gasteiger partial charge is 0.128 e. The third kappa shape index (κ3) is 8.55. The quantitative estimate of drug-likeness (QED) is 0.231. The first-order valence-electron chi connectivity index (χ1n) is 13.3. The second-order valence-electron chi connectivity index (χ2n) is 13.3. The molecule has 0 aromatic heterocycles. The molecule has 0 saturated carbocycles. The maximum Gasteiger partial charge on any atom is 0.128 e. The summed E-state index contributed by atoms with van der Waals surface area (Å²) in [5.74, 6) is 0.552. The van der Waals surface area contributed by atoms with Crippen LogP contribution < -0.4 is 0 Å². The Morgan fingerprint density at radius 2 is 1.23 bits per heavy atom. The van der Waals surface area contributed by atoms with Crippen LogP contribution in [0.25, 0.3) is 0 Å². The van der Waals surface area contributed by atoms with Crippen molar-refractivity contribution in [3.8, 4) is 11.5 Å². The van der Waals surface area contributed by atoms with Gasteiger partial charge in [0.1, 0.15) is 11.5 Å². The number of hydrogen-bond donors (Lipinski definition) is 2. The Morgan fingerprint density at radius 3 is 1.77 bits per heavy atom. The van der Waals surface area contributed by atoms with E-state index >= 15 is 0 Å². The van der Waals surface area contributed by atoms with Gasteiger partial charge in [0.05, 0.1) is 12.2 Å². The molecule has 0 spiro atoms. The molecule has 0 aliphatic heterocycles. The maximum absolute atomic E-state index is 11.1. The molecule has 40 heavy (non-hydrogen) atoms. The number of aromatic hydroxyl groups is 2. The first-order chi connectivity index (χ1) is 17.5. The van der Waals surface area contributed by atoms with Crippen LogP contribution in [0.4, 0.5) is 5.69 Å². The molecule has 0 unspecified atom stereocenters. The maximum atomic E-state index is 11.1. The van der Waals surface area contributed by atoms with Crippen LogP contribution in [0.5, 0.6) is 11.5 Å². The van der Waals surface area contributed by atoms with Gasteiger partial charge in [-0.05, 0) is 58.1 Å². The molecule has 0 bridgehead atoms. The molecule has 0 atom stereocenters. The fourth-order valence-electron chi connectivity index (χ4n) is 4.39. The van der Waals surface area contributed by atoms with E-state index in [1.165, 1.54) is 0 Å². The molecule has 3 aromatic rings. The molecule has 1 radical (unpaired) electrons. The number of phenolic OH excluding ortho intramolecular Hbond substituents is 2. The molecule has 0 fully saturated rings. The van der Waals surface area contributed by atoms with E-state index in [1.54, 1.807) is 12.4 Å². The Bertz CT molecular complexity index is 1370. The third-order valence-corrected chi connectivity index (χ3v) is 6.73. The Hall–Kier alpha value is -2.89. The number of phenols is 2. The number of nitrogens with zero attached hydrogens (tertiary/aromatic N) is 2. The van der Waals surface area contributed by atoms with Gasteiger partial charge in [0, 0.05) is 51.5 Å². The number of aliphatic imine (C=N–C) groups is 2. The Morgan fingerprint density at radius 1 is 0.700 bits per heavy atom. The number of rotatable bonds is 5. The molecule has 0 aliphatic rings. The van der Waals surface area contributed by atoms with E-state index in [4.69, 9.17) is 4.99 Å². The molecule has 0 aliphatic carbocycles. The SMILES string of the molecule is Cc1cc(C=NCc2ccccc2N=Cc2cc(C(C)(C)C)cc(C(C)(C)C)c2O)c(O)c(C(C)(C)C)c1.[CH3-].[Co]. The van der Waals surface area contributed by atoms with Crippen LogP contribution in [-0.2, 0) is 39.6 Å². The third-order valence-electron chi connectivity index (χ3n) is 6.73. The Balaban J connectivity index is 0.00000400. The van der Waals surface area contributed by atoms with Gasteiger partial charge in [-0.25, -0.2) is 0 Å².